The van der Waals surface area contributed by atoms with Gasteiger partial charge in [-0.1, -0.05) is 18.2 Å². The average molecular weight is 456 g/mol. The molecule has 4 rings (SSSR count). The molecule has 8 heteroatoms. The Labute approximate surface area is 193 Å². The molecule has 1 saturated carbocycles. The van der Waals surface area contributed by atoms with E-state index in [1.807, 2.05) is 49.0 Å². The predicted molar refractivity (Wildman–Crippen MR) is 124 cm³/mol. The van der Waals surface area contributed by atoms with Crippen LogP contribution in [-0.2, 0) is 21.3 Å². The SMILES string of the molecule is Cc1c([C@H]2C=C(C(=O)NCC3CC3)O[C@@H](OCCCCO)C2)c(=O)n(-c2ccccc2)n1C. The topological polar surface area (TPSA) is 94.7 Å². The van der Waals surface area contributed by atoms with E-state index in [9.17, 15) is 9.59 Å². The van der Waals surface area contributed by atoms with Gasteiger partial charge in [-0.15, -0.1) is 0 Å². The summed E-state index contributed by atoms with van der Waals surface area (Å²) < 4.78 is 15.3. The molecule has 0 saturated heterocycles. The first-order chi connectivity index (χ1) is 16.0. The normalized spacial score (nSPS) is 20.3. The Bertz CT molecular complexity index is 1050. The van der Waals surface area contributed by atoms with Crippen molar-refractivity contribution in [3.05, 3.63) is 63.8 Å². The van der Waals surface area contributed by atoms with Crippen molar-refractivity contribution in [2.75, 3.05) is 19.8 Å². The van der Waals surface area contributed by atoms with Gasteiger partial charge in [0.05, 0.1) is 12.3 Å². The van der Waals surface area contributed by atoms with Gasteiger partial charge < -0.3 is 19.9 Å². The third-order valence-corrected chi connectivity index (χ3v) is 6.36. The first-order valence-electron chi connectivity index (χ1n) is 11.7. The van der Waals surface area contributed by atoms with Crippen molar-refractivity contribution in [2.45, 2.75) is 51.2 Å². The Morgan fingerprint density at radius 3 is 2.70 bits per heavy atom. The number of allylic oxidation sites excluding steroid dienone is 1. The van der Waals surface area contributed by atoms with E-state index in [1.165, 1.54) is 0 Å². The Kier molecular flexibility index (Phi) is 7.35. The van der Waals surface area contributed by atoms with Gasteiger partial charge >= 0.3 is 0 Å². The number of aliphatic hydroxyl groups is 1. The number of carbonyl (C=O) groups excluding carboxylic acids is 1. The molecule has 178 valence electrons. The summed E-state index contributed by atoms with van der Waals surface area (Å²) in [7, 11) is 1.86. The van der Waals surface area contributed by atoms with Gasteiger partial charge in [-0.05, 0) is 56.7 Å². The number of nitrogens with one attached hydrogen (secondary N) is 1. The Morgan fingerprint density at radius 1 is 1.24 bits per heavy atom. The van der Waals surface area contributed by atoms with Crippen LogP contribution in [0.1, 0.15) is 49.3 Å². The highest BCUT2D eigenvalue weighted by Crippen LogP contribution is 2.33. The van der Waals surface area contributed by atoms with Crippen molar-refractivity contribution >= 4 is 5.91 Å². The van der Waals surface area contributed by atoms with E-state index in [4.69, 9.17) is 14.6 Å². The second-order valence-electron chi connectivity index (χ2n) is 8.85. The third-order valence-electron chi connectivity index (χ3n) is 6.36. The second-order valence-corrected chi connectivity index (χ2v) is 8.85. The van der Waals surface area contributed by atoms with Crippen LogP contribution in [0.5, 0.6) is 0 Å². The summed E-state index contributed by atoms with van der Waals surface area (Å²) in [4.78, 5) is 26.3. The van der Waals surface area contributed by atoms with Gasteiger partial charge in [0.1, 0.15) is 0 Å². The Balaban J connectivity index is 1.62. The second kappa shape index (κ2) is 10.4. The Morgan fingerprint density at radius 2 is 2.00 bits per heavy atom. The minimum Gasteiger partial charge on any atom is -0.459 e. The number of nitrogens with zero attached hydrogens (tertiary/aromatic N) is 2. The van der Waals surface area contributed by atoms with Crippen LogP contribution in [0.15, 0.2) is 47.0 Å². The van der Waals surface area contributed by atoms with Crippen molar-refractivity contribution < 1.29 is 19.4 Å². The van der Waals surface area contributed by atoms with Crippen LogP contribution in [-0.4, -0.2) is 46.4 Å². The smallest absolute Gasteiger partial charge is 0.286 e. The number of aliphatic hydroxyl groups excluding tert-OH is 1. The molecule has 0 radical (unpaired) electrons. The molecule has 2 heterocycles. The zero-order chi connectivity index (χ0) is 23.4. The number of unbranched alkanes of at least 4 members (excludes halogenated alkanes) is 1. The highest BCUT2D eigenvalue weighted by molar-refractivity contribution is 5.91. The fourth-order valence-corrected chi connectivity index (χ4v) is 4.21. The highest BCUT2D eigenvalue weighted by atomic mass is 16.7. The van der Waals surface area contributed by atoms with Crippen molar-refractivity contribution in [1.82, 2.24) is 14.7 Å². The standard InChI is InChI=1S/C25H33N3O5/c1-17-23(25(31)28(27(17)2)20-8-4-3-5-9-20)19-14-21(24(30)26-16-18-10-11-18)33-22(15-19)32-13-7-6-12-29/h3-5,8-9,14,18-19,22,29H,6-7,10-13,15-16H2,1-2H3,(H,26,30)/t19-,22+/m0/s1. The predicted octanol–water partition coefficient (Wildman–Crippen LogP) is 2.51. The van der Waals surface area contributed by atoms with E-state index in [-0.39, 0.29) is 29.8 Å². The van der Waals surface area contributed by atoms with E-state index >= 15 is 0 Å². The lowest BCUT2D eigenvalue weighted by atomic mass is 9.93. The highest BCUT2D eigenvalue weighted by Gasteiger charge is 2.33. The Hall–Kier alpha value is -2.84. The monoisotopic (exact) mass is 455 g/mol. The largest absolute Gasteiger partial charge is 0.459 e. The fourth-order valence-electron chi connectivity index (χ4n) is 4.21. The molecule has 2 N–H and O–H groups in total. The molecule has 1 aliphatic carbocycles. The maximum Gasteiger partial charge on any atom is 0.286 e. The van der Waals surface area contributed by atoms with E-state index < -0.39 is 6.29 Å². The van der Waals surface area contributed by atoms with Crippen LogP contribution in [0.3, 0.4) is 0 Å². The lowest BCUT2D eigenvalue weighted by Gasteiger charge is -2.29. The summed E-state index contributed by atoms with van der Waals surface area (Å²) in [6.07, 6.45) is 5.18. The first-order valence-corrected chi connectivity index (χ1v) is 11.7. The maximum atomic E-state index is 13.5. The maximum absolute atomic E-state index is 13.5. The fraction of sp³-hybridized carbons (Fsp3) is 0.520. The molecule has 0 bridgehead atoms. The van der Waals surface area contributed by atoms with Crippen molar-refractivity contribution in [3.63, 3.8) is 0 Å². The van der Waals surface area contributed by atoms with Gasteiger partial charge in [-0.2, -0.15) is 0 Å². The van der Waals surface area contributed by atoms with Gasteiger partial charge in [0, 0.05) is 43.8 Å². The summed E-state index contributed by atoms with van der Waals surface area (Å²) in [5.41, 5.74) is 2.15. The van der Waals surface area contributed by atoms with E-state index in [0.29, 0.717) is 43.9 Å². The molecular formula is C25H33N3O5. The number of benzene rings is 1. The lowest BCUT2D eigenvalue weighted by Crippen LogP contribution is -2.34. The molecule has 1 aliphatic heterocycles. The number of rotatable bonds is 10. The van der Waals surface area contributed by atoms with Crippen LogP contribution >= 0.6 is 0 Å². The van der Waals surface area contributed by atoms with Crippen molar-refractivity contribution in [2.24, 2.45) is 13.0 Å². The molecule has 2 aliphatic rings. The molecule has 0 unspecified atom stereocenters. The molecule has 1 aromatic carbocycles. The number of amides is 1. The summed E-state index contributed by atoms with van der Waals surface area (Å²) in [6.45, 7) is 3.08. The van der Waals surface area contributed by atoms with Gasteiger partial charge in [-0.3, -0.25) is 14.3 Å². The third kappa shape index (κ3) is 5.39. The van der Waals surface area contributed by atoms with E-state index in [1.54, 1.807) is 10.8 Å². The molecule has 8 nitrogen and oxygen atoms in total. The molecule has 1 fully saturated rings. The van der Waals surface area contributed by atoms with E-state index in [0.717, 1.165) is 24.2 Å². The van der Waals surface area contributed by atoms with Gasteiger partial charge in [0.2, 0.25) is 6.29 Å². The van der Waals surface area contributed by atoms with Crippen molar-refractivity contribution in [3.8, 4) is 5.69 Å². The minimum atomic E-state index is -0.635. The molecular weight excluding hydrogens is 422 g/mol. The molecule has 2 aromatic rings. The summed E-state index contributed by atoms with van der Waals surface area (Å²) in [6, 6.07) is 9.51. The number of carbonyl (C=O) groups is 1. The summed E-state index contributed by atoms with van der Waals surface area (Å²) in [5, 5.41) is 12.0. The quantitative estimate of drug-likeness (QED) is 0.537. The molecule has 33 heavy (non-hydrogen) atoms. The number of para-hydroxylation sites is 1. The number of hydrogen-bond donors (Lipinski definition) is 2. The van der Waals surface area contributed by atoms with Crippen LogP contribution in [0.25, 0.3) is 5.69 Å². The van der Waals surface area contributed by atoms with E-state index in [2.05, 4.69) is 5.32 Å². The molecule has 0 spiro atoms. The van der Waals surface area contributed by atoms with Gasteiger partial charge in [0.15, 0.2) is 5.76 Å². The van der Waals surface area contributed by atoms with Gasteiger partial charge in [0.25, 0.3) is 11.5 Å². The van der Waals surface area contributed by atoms with Crippen LogP contribution in [0.4, 0.5) is 0 Å². The molecule has 2 atom stereocenters. The zero-order valence-corrected chi connectivity index (χ0v) is 19.3. The first kappa shape index (κ1) is 23.3. The van der Waals surface area contributed by atoms with Gasteiger partial charge in [-0.25, -0.2) is 4.68 Å². The van der Waals surface area contributed by atoms with Crippen LogP contribution < -0.4 is 10.9 Å². The zero-order valence-electron chi connectivity index (χ0n) is 19.3. The van der Waals surface area contributed by atoms with Crippen molar-refractivity contribution in [1.29, 1.82) is 0 Å². The van der Waals surface area contributed by atoms with Crippen LogP contribution in [0, 0.1) is 12.8 Å². The number of ether oxygens (including phenoxy) is 2. The molecule has 1 aromatic heterocycles. The molecule has 1 amide bonds. The summed E-state index contributed by atoms with van der Waals surface area (Å²) in [5.74, 6) is 0.168. The minimum absolute atomic E-state index is 0.106. The lowest BCUT2D eigenvalue weighted by molar-refractivity contribution is -0.146. The number of hydrogen-bond acceptors (Lipinski definition) is 5. The number of aromatic nitrogens is 2. The van der Waals surface area contributed by atoms with Crippen LogP contribution in [0.2, 0.25) is 0 Å². The summed E-state index contributed by atoms with van der Waals surface area (Å²) >= 11 is 0. The average Bonchev–Trinajstić information content (AvgIpc) is 3.62.